The number of phosphoric ester groups is 1. The van der Waals surface area contributed by atoms with E-state index < -0.39 is 26.6 Å². The second kappa shape index (κ2) is 55.2. The lowest BCUT2D eigenvalue weighted by Crippen LogP contribution is -2.45. The number of likely N-dealkylation sites (N-methyl/N-ethyl adjacent to an activating group) is 1. The first-order valence-corrected chi connectivity index (χ1v) is 33.0. The first kappa shape index (κ1) is 71.5. The van der Waals surface area contributed by atoms with Crippen LogP contribution in [0.15, 0.2) is 48.6 Å². The van der Waals surface area contributed by atoms with Crippen LogP contribution in [-0.2, 0) is 18.4 Å². The van der Waals surface area contributed by atoms with Crippen molar-refractivity contribution in [2.24, 2.45) is 0 Å². The number of nitrogens with one attached hydrogen (secondary N) is 1. The number of aliphatic hydroxyl groups excluding tert-OH is 1. The Bertz CT molecular complexity index is 1330. The van der Waals surface area contributed by atoms with Crippen LogP contribution in [0.2, 0.25) is 0 Å². The molecule has 1 amide bonds. The summed E-state index contributed by atoms with van der Waals surface area (Å²) in [5.74, 6) is -0.208. The highest BCUT2D eigenvalue weighted by molar-refractivity contribution is 7.45. The van der Waals surface area contributed by atoms with Crippen molar-refractivity contribution in [3.63, 3.8) is 0 Å². The Morgan fingerprint density at radius 3 is 1.11 bits per heavy atom. The van der Waals surface area contributed by atoms with Crippen molar-refractivity contribution in [2.45, 2.75) is 315 Å². The maximum Gasteiger partial charge on any atom is 0.268 e. The Labute approximate surface area is 454 Å². The van der Waals surface area contributed by atoms with E-state index in [4.69, 9.17) is 9.05 Å². The summed E-state index contributed by atoms with van der Waals surface area (Å²) in [6.07, 6.45) is 73.6. The third-order valence-corrected chi connectivity index (χ3v) is 15.2. The van der Waals surface area contributed by atoms with E-state index in [-0.39, 0.29) is 12.5 Å². The van der Waals surface area contributed by atoms with Gasteiger partial charge in [-0.3, -0.25) is 9.36 Å². The maximum absolute atomic E-state index is 13.0. The molecule has 0 aliphatic carbocycles. The molecule has 8 nitrogen and oxygen atoms in total. The molecule has 0 rings (SSSR count). The summed E-state index contributed by atoms with van der Waals surface area (Å²) in [7, 11) is 1.24. The van der Waals surface area contributed by atoms with E-state index in [9.17, 15) is 19.4 Å². The maximum atomic E-state index is 13.0. The first-order valence-electron chi connectivity index (χ1n) is 31.5. The third kappa shape index (κ3) is 58.0. The van der Waals surface area contributed by atoms with Crippen molar-refractivity contribution in [3.8, 4) is 0 Å². The molecule has 9 heteroatoms. The van der Waals surface area contributed by atoms with E-state index in [0.717, 1.165) is 44.9 Å². The highest BCUT2D eigenvalue weighted by Crippen LogP contribution is 2.38. The van der Waals surface area contributed by atoms with Gasteiger partial charge in [0, 0.05) is 6.42 Å². The standard InChI is InChI=1S/C64H123N2O6P/c1-6-8-10-12-14-16-18-20-22-24-26-28-29-30-31-32-33-34-35-36-38-40-42-44-46-48-50-52-54-56-58-64(68)65-62(61-72-73(69,70)71-60-59-66(3,4)5)63(67)57-55-53-51-49-47-45-43-41-39-37-27-25-23-21-19-17-15-13-11-9-7-2/h30-31,39,41,47,49,55,57,62-63,67H,6-29,32-38,40,42-46,48,50-54,56,58-61H2,1-5H3,(H-,65,68,69,70)/b31-30-,41-39+,49-47+,57-55+. The third-order valence-electron chi connectivity index (χ3n) is 14.2. The lowest BCUT2D eigenvalue weighted by atomic mass is 10.0. The number of quaternary nitrogens is 1. The van der Waals surface area contributed by atoms with Gasteiger partial charge >= 0.3 is 0 Å². The van der Waals surface area contributed by atoms with Crippen molar-refractivity contribution in [2.75, 3.05) is 40.9 Å². The van der Waals surface area contributed by atoms with Crippen LogP contribution in [0.3, 0.4) is 0 Å². The van der Waals surface area contributed by atoms with E-state index in [1.165, 1.54) is 238 Å². The van der Waals surface area contributed by atoms with Crippen LogP contribution in [0.4, 0.5) is 0 Å². The van der Waals surface area contributed by atoms with Gasteiger partial charge in [-0.2, -0.15) is 0 Å². The van der Waals surface area contributed by atoms with Crippen LogP contribution >= 0.6 is 7.82 Å². The minimum Gasteiger partial charge on any atom is -0.756 e. The minimum absolute atomic E-state index is 0.00879. The average Bonchev–Trinajstić information content (AvgIpc) is 3.35. The number of hydrogen-bond acceptors (Lipinski definition) is 6. The molecule has 0 spiro atoms. The van der Waals surface area contributed by atoms with Gasteiger partial charge < -0.3 is 28.8 Å². The van der Waals surface area contributed by atoms with E-state index in [2.05, 4.69) is 55.6 Å². The second-order valence-electron chi connectivity index (χ2n) is 22.7. The van der Waals surface area contributed by atoms with Gasteiger partial charge in [-0.1, -0.05) is 274 Å². The monoisotopic (exact) mass is 1050 g/mol. The predicted octanol–water partition coefficient (Wildman–Crippen LogP) is 18.9. The van der Waals surface area contributed by atoms with Crippen molar-refractivity contribution in [1.29, 1.82) is 0 Å². The molecule has 0 aromatic carbocycles. The molecule has 430 valence electrons. The summed E-state index contributed by atoms with van der Waals surface area (Å²) in [6.45, 7) is 4.66. The lowest BCUT2D eigenvalue weighted by Gasteiger charge is -2.29. The molecule has 3 unspecified atom stereocenters. The fraction of sp³-hybridized carbons (Fsp3) is 0.859. The second-order valence-corrected chi connectivity index (χ2v) is 24.2. The molecule has 0 fully saturated rings. The van der Waals surface area contributed by atoms with Crippen LogP contribution in [0.1, 0.15) is 303 Å². The predicted molar refractivity (Wildman–Crippen MR) is 316 cm³/mol. The molecular weight excluding hydrogens is 924 g/mol. The van der Waals surface area contributed by atoms with Crippen LogP contribution in [0, 0.1) is 0 Å². The van der Waals surface area contributed by atoms with Crippen molar-refractivity contribution in [1.82, 2.24) is 5.32 Å². The molecule has 0 bridgehead atoms. The summed E-state index contributed by atoms with van der Waals surface area (Å²) in [5, 5.41) is 13.9. The van der Waals surface area contributed by atoms with Crippen molar-refractivity contribution < 1.29 is 32.9 Å². The van der Waals surface area contributed by atoms with Gasteiger partial charge in [0.2, 0.25) is 5.91 Å². The molecule has 0 aromatic rings. The highest BCUT2D eigenvalue weighted by atomic mass is 31.2. The zero-order valence-electron chi connectivity index (χ0n) is 49.1. The molecular formula is C64H123N2O6P. The SMILES string of the molecule is CCCCCCCCCCCCC/C=C/CC/C=C/CC/C=C/C(O)C(COP(=O)([O-])OCC[N+](C)(C)C)NC(=O)CCCCCCCCCCCCCCCC/C=C\CCCCCCCCCCCCCC. The number of amides is 1. The fourth-order valence-corrected chi connectivity index (χ4v) is 10.0. The number of aliphatic hydroxyl groups is 1. The molecule has 3 atom stereocenters. The molecule has 0 heterocycles. The minimum atomic E-state index is -4.61. The first-order chi connectivity index (χ1) is 35.5. The van der Waals surface area contributed by atoms with Gasteiger partial charge in [-0.25, -0.2) is 0 Å². The highest BCUT2D eigenvalue weighted by Gasteiger charge is 2.23. The number of carbonyl (C=O) groups excluding carboxylic acids is 1. The van der Waals surface area contributed by atoms with Gasteiger partial charge in [-0.15, -0.1) is 0 Å². The summed E-state index contributed by atoms with van der Waals surface area (Å²) < 4.78 is 23.4. The van der Waals surface area contributed by atoms with E-state index in [1.807, 2.05) is 27.2 Å². The number of carbonyl (C=O) groups is 1. The van der Waals surface area contributed by atoms with Gasteiger partial charge in [0.05, 0.1) is 39.9 Å². The van der Waals surface area contributed by atoms with E-state index in [1.54, 1.807) is 6.08 Å². The van der Waals surface area contributed by atoms with E-state index in [0.29, 0.717) is 17.4 Å². The number of hydrogen-bond donors (Lipinski definition) is 2. The van der Waals surface area contributed by atoms with Crippen molar-refractivity contribution in [3.05, 3.63) is 48.6 Å². The van der Waals surface area contributed by atoms with Gasteiger partial charge in [0.25, 0.3) is 7.82 Å². The molecule has 0 saturated heterocycles. The summed E-state index contributed by atoms with van der Waals surface area (Å²) in [6, 6.07) is -0.911. The van der Waals surface area contributed by atoms with E-state index >= 15 is 0 Å². The number of unbranched alkanes of at least 4 members (excludes halogenated alkanes) is 39. The fourth-order valence-electron chi connectivity index (χ4n) is 9.30. The topological polar surface area (TPSA) is 108 Å². The van der Waals surface area contributed by atoms with Crippen LogP contribution in [0.25, 0.3) is 0 Å². The quantitative estimate of drug-likeness (QED) is 0.0272. The largest absolute Gasteiger partial charge is 0.756 e. The van der Waals surface area contributed by atoms with Gasteiger partial charge in [0.1, 0.15) is 13.2 Å². The Kier molecular flexibility index (Phi) is 54.1. The molecule has 0 radical (unpaired) electrons. The summed E-state index contributed by atoms with van der Waals surface area (Å²) in [5.41, 5.74) is 0. The molecule has 0 saturated carbocycles. The normalized spacial score (nSPS) is 14.1. The number of nitrogens with zero attached hydrogens (tertiary/aromatic N) is 1. The van der Waals surface area contributed by atoms with Gasteiger partial charge in [-0.05, 0) is 70.6 Å². The lowest BCUT2D eigenvalue weighted by molar-refractivity contribution is -0.870. The Morgan fingerprint density at radius 2 is 0.767 bits per heavy atom. The summed E-state index contributed by atoms with van der Waals surface area (Å²) >= 11 is 0. The molecule has 2 N–H and O–H groups in total. The molecule has 73 heavy (non-hydrogen) atoms. The molecule has 0 aliphatic heterocycles. The Morgan fingerprint density at radius 1 is 0.466 bits per heavy atom. The molecule has 0 aromatic heterocycles. The average molecular weight is 1050 g/mol. The van der Waals surface area contributed by atoms with Crippen LogP contribution < -0.4 is 10.2 Å². The van der Waals surface area contributed by atoms with Crippen molar-refractivity contribution >= 4 is 13.7 Å². The zero-order chi connectivity index (χ0) is 53.5. The number of allylic oxidation sites excluding steroid dienone is 7. The van der Waals surface area contributed by atoms with Gasteiger partial charge in [0.15, 0.2) is 0 Å². The Hall–Kier alpha value is -1.54. The molecule has 0 aliphatic rings. The zero-order valence-corrected chi connectivity index (χ0v) is 50.0. The number of phosphoric acid groups is 1. The smallest absolute Gasteiger partial charge is 0.268 e. The Balaban J connectivity index is 4.16. The summed E-state index contributed by atoms with van der Waals surface area (Å²) in [4.78, 5) is 25.5. The van der Waals surface area contributed by atoms with Crippen LogP contribution in [-0.4, -0.2) is 68.5 Å². The van der Waals surface area contributed by atoms with Crippen LogP contribution in [0.5, 0.6) is 0 Å². The number of rotatable bonds is 58.